The Morgan fingerprint density at radius 2 is 1.63 bits per heavy atom. The van der Waals surface area contributed by atoms with Crippen LogP contribution in [-0.4, -0.2) is 75.6 Å². The summed E-state index contributed by atoms with van der Waals surface area (Å²) in [6.45, 7) is 8.97. The highest BCUT2D eigenvalue weighted by atomic mass is 16.5. The molecule has 200 valence electrons. The lowest BCUT2D eigenvalue weighted by Crippen LogP contribution is -2.49. The Morgan fingerprint density at radius 1 is 0.974 bits per heavy atom. The van der Waals surface area contributed by atoms with Gasteiger partial charge in [0, 0.05) is 48.9 Å². The zero-order valence-corrected chi connectivity index (χ0v) is 22.3. The largest absolute Gasteiger partial charge is 0.508 e. The van der Waals surface area contributed by atoms with Gasteiger partial charge in [0.2, 0.25) is 0 Å². The topological polar surface area (TPSA) is 122 Å². The van der Waals surface area contributed by atoms with Crippen molar-refractivity contribution >= 4 is 16.6 Å². The number of benzene rings is 2. The van der Waals surface area contributed by atoms with Gasteiger partial charge in [0.15, 0.2) is 17.3 Å². The number of tetrazole rings is 1. The van der Waals surface area contributed by atoms with Gasteiger partial charge in [0.05, 0.1) is 25.3 Å². The minimum Gasteiger partial charge on any atom is -0.508 e. The van der Waals surface area contributed by atoms with Crippen molar-refractivity contribution in [3.63, 3.8) is 0 Å². The molecule has 0 aliphatic carbocycles. The van der Waals surface area contributed by atoms with Crippen molar-refractivity contribution in [2.24, 2.45) is 0 Å². The first-order valence-corrected chi connectivity index (χ1v) is 12.6. The minimum absolute atomic E-state index is 0.209. The molecule has 2 N–H and O–H groups in total. The second-order valence-electron chi connectivity index (χ2n) is 10.4. The Morgan fingerprint density at radius 3 is 2.26 bits per heavy atom. The molecule has 4 aromatic rings. The highest BCUT2D eigenvalue weighted by molar-refractivity contribution is 5.83. The lowest BCUT2D eigenvalue weighted by atomic mass is 10.0. The quantitative estimate of drug-likeness (QED) is 0.396. The summed E-state index contributed by atoms with van der Waals surface area (Å²) >= 11 is 0. The number of phenols is 1. The van der Waals surface area contributed by atoms with Gasteiger partial charge in [0.25, 0.3) is 5.56 Å². The lowest BCUT2D eigenvalue weighted by Gasteiger charge is -2.40. The fraction of sp³-hybridized carbons (Fsp3) is 0.407. The van der Waals surface area contributed by atoms with Crippen LogP contribution in [0.2, 0.25) is 0 Å². The van der Waals surface area contributed by atoms with Crippen LogP contribution in [0.15, 0.2) is 47.3 Å². The number of pyridine rings is 1. The Hall–Kier alpha value is -4.12. The number of nitrogens with one attached hydrogen (secondary N) is 1. The fourth-order valence-corrected chi connectivity index (χ4v) is 5.00. The number of piperazine rings is 1. The van der Waals surface area contributed by atoms with Crippen molar-refractivity contribution in [2.75, 3.05) is 45.3 Å². The van der Waals surface area contributed by atoms with E-state index in [1.807, 2.05) is 45.0 Å². The third kappa shape index (κ3) is 4.76. The molecule has 0 amide bonds. The number of aromatic amines is 1. The number of nitrogens with zero attached hydrogens (tertiary/aromatic N) is 6. The van der Waals surface area contributed by atoms with Gasteiger partial charge in [-0.3, -0.25) is 9.69 Å². The number of aromatic nitrogens is 5. The second-order valence-corrected chi connectivity index (χ2v) is 10.4. The summed E-state index contributed by atoms with van der Waals surface area (Å²) in [6, 6.07) is 12.3. The number of ether oxygens (including phenoxy) is 2. The third-order valence-electron chi connectivity index (χ3n) is 6.94. The molecule has 0 spiro atoms. The summed E-state index contributed by atoms with van der Waals surface area (Å²) in [5.74, 6) is 1.98. The first-order valence-electron chi connectivity index (χ1n) is 12.6. The number of fused-ring (bicyclic) bond motifs is 1. The molecule has 0 radical (unpaired) electrons. The first kappa shape index (κ1) is 25.5. The molecule has 11 heteroatoms. The van der Waals surface area contributed by atoms with Gasteiger partial charge in [0.1, 0.15) is 11.8 Å². The van der Waals surface area contributed by atoms with Crippen LogP contribution in [0.4, 0.5) is 5.69 Å². The number of hydrogen-bond acceptors (Lipinski definition) is 9. The monoisotopic (exact) mass is 519 g/mol. The number of hydrogen-bond donors (Lipinski definition) is 2. The van der Waals surface area contributed by atoms with E-state index in [1.165, 1.54) is 0 Å². The summed E-state index contributed by atoms with van der Waals surface area (Å²) in [4.78, 5) is 21.1. The lowest BCUT2D eigenvalue weighted by molar-refractivity contribution is 0.190. The smallest absolute Gasteiger partial charge is 0.253 e. The van der Waals surface area contributed by atoms with E-state index >= 15 is 0 Å². The van der Waals surface area contributed by atoms with E-state index in [1.54, 1.807) is 37.1 Å². The van der Waals surface area contributed by atoms with E-state index in [-0.39, 0.29) is 16.8 Å². The zero-order chi connectivity index (χ0) is 27.0. The molecule has 1 atom stereocenters. The highest BCUT2D eigenvalue weighted by Crippen LogP contribution is 2.34. The Balaban J connectivity index is 1.57. The molecule has 2 aromatic carbocycles. The Labute approximate surface area is 220 Å². The number of rotatable bonds is 6. The van der Waals surface area contributed by atoms with Crippen molar-refractivity contribution in [3.05, 3.63) is 64.2 Å². The van der Waals surface area contributed by atoms with Crippen molar-refractivity contribution < 1.29 is 14.6 Å². The standard InChI is InChI=1S/C27H33N7O4/c1-27(2,3)34-25(29-30-31-34)24(33-12-10-32(11-13-33)18-6-8-19(35)9-7-18)20-14-17-15-22(37-4)23(38-5)16-21(17)28-26(20)36/h6-9,14-16,24,35H,10-13H2,1-5H3,(H,28,36). The molecule has 2 aromatic heterocycles. The summed E-state index contributed by atoms with van der Waals surface area (Å²) in [5, 5.41) is 23.2. The second kappa shape index (κ2) is 9.97. The van der Waals surface area contributed by atoms with Gasteiger partial charge < -0.3 is 24.5 Å². The van der Waals surface area contributed by atoms with E-state index in [0.717, 1.165) is 24.2 Å². The molecular weight excluding hydrogens is 486 g/mol. The van der Waals surface area contributed by atoms with Crippen LogP contribution in [0.1, 0.15) is 38.2 Å². The summed E-state index contributed by atoms with van der Waals surface area (Å²) in [5.41, 5.74) is 1.67. The predicted molar refractivity (Wildman–Crippen MR) is 144 cm³/mol. The van der Waals surface area contributed by atoms with Crippen LogP contribution in [0.5, 0.6) is 17.2 Å². The van der Waals surface area contributed by atoms with Crippen molar-refractivity contribution in [2.45, 2.75) is 32.4 Å². The van der Waals surface area contributed by atoms with Gasteiger partial charge in [-0.2, -0.15) is 0 Å². The normalized spacial score (nSPS) is 15.6. The van der Waals surface area contributed by atoms with Crippen molar-refractivity contribution in [1.29, 1.82) is 0 Å². The number of H-pyrrole nitrogens is 1. The molecule has 1 aliphatic heterocycles. The van der Waals surface area contributed by atoms with Crippen molar-refractivity contribution in [3.8, 4) is 17.2 Å². The van der Waals surface area contributed by atoms with E-state index in [9.17, 15) is 9.90 Å². The minimum atomic E-state index is -0.465. The maximum atomic E-state index is 13.6. The maximum Gasteiger partial charge on any atom is 0.253 e. The fourth-order valence-electron chi connectivity index (χ4n) is 5.00. The third-order valence-corrected chi connectivity index (χ3v) is 6.94. The molecule has 1 fully saturated rings. The molecule has 11 nitrogen and oxygen atoms in total. The molecule has 38 heavy (non-hydrogen) atoms. The summed E-state index contributed by atoms with van der Waals surface area (Å²) in [7, 11) is 3.15. The Bertz CT molecular complexity index is 1480. The number of anilines is 1. The van der Waals surface area contributed by atoms with E-state index in [4.69, 9.17) is 9.47 Å². The molecule has 3 heterocycles. The van der Waals surface area contributed by atoms with Crippen LogP contribution in [0.25, 0.3) is 10.9 Å². The van der Waals surface area contributed by atoms with Crippen LogP contribution < -0.4 is 19.9 Å². The summed E-state index contributed by atoms with van der Waals surface area (Å²) < 4.78 is 12.7. The van der Waals surface area contributed by atoms with E-state index in [0.29, 0.717) is 41.5 Å². The number of aromatic hydroxyl groups is 1. The molecule has 5 rings (SSSR count). The number of phenolic OH excluding ortho intramolecular Hbond substituents is 1. The zero-order valence-electron chi connectivity index (χ0n) is 22.3. The van der Waals surface area contributed by atoms with Gasteiger partial charge in [-0.05, 0) is 67.6 Å². The molecule has 1 unspecified atom stereocenters. The molecular formula is C27H33N7O4. The first-order chi connectivity index (χ1) is 18.2. The van der Waals surface area contributed by atoms with Crippen LogP contribution >= 0.6 is 0 Å². The van der Waals surface area contributed by atoms with Crippen LogP contribution in [0, 0.1) is 0 Å². The van der Waals surface area contributed by atoms with Gasteiger partial charge in [-0.25, -0.2) is 4.68 Å². The van der Waals surface area contributed by atoms with E-state index < -0.39 is 6.04 Å². The van der Waals surface area contributed by atoms with Gasteiger partial charge >= 0.3 is 0 Å². The number of methoxy groups -OCH3 is 2. The highest BCUT2D eigenvalue weighted by Gasteiger charge is 2.35. The van der Waals surface area contributed by atoms with Crippen LogP contribution in [-0.2, 0) is 5.54 Å². The van der Waals surface area contributed by atoms with Crippen molar-refractivity contribution in [1.82, 2.24) is 30.1 Å². The SMILES string of the molecule is COc1cc2cc(C(c3nnnn3C(C)(C)C)N3CCN(c4ccc(O)cc4)CC3)c(=O)[nH]c2cc1OC. The maximum absolute atomic E-state index is 13.6. The van der Waals surface area contributed by atoms with Crippen LogP contribution in [0.3, 0.4) is 0 Å². The average Bonchev–Trinajstić information content (AvgIpc) is 3.40. The molecule has 1 saturated heterocycles. The molecule has 1 aliphatic rings. The predicted octanol–water partition coefficient (Wildman–Crippen LogP) is 2.90. The average molecular weight is 520 g/mol. The Kier molecular flexibility index (Phi) is 6.70. The van der Waals surface area contributed by atoms with Gasteiger partial charge in [-0.15, -0.1) is 5.10 Å². The van der Waals surface area contributed by atoms with E-state index in [2.05, 4.69) is 30.3 Å². The summed E-state index contributed by atoms with van der Waals surface area (Å²) in [6.07, 6.45) is 0. The molecule has 0 bridgehead atoms. The molecule has 0 saturated carbocycles. The van der Waals surface area contributed by atoms with Gasteiger partial charge in [-0.1, -0.05) is 0 Å².